The first-order chi connectivity index (χ1) is 12.7. The lowest BCUT2D eigenvalue weighted by atomic mass is 9.94. The average molecular weight is 354 g/mol. The fraction of sp³-hybridized carbons (Fsp3) is 0.500. The van der Waals surface area contributed by atoms with Crippen LogP contribution in [-0.2, 0) is 17.6 Å². The van der Waals surface area contributed by atoms with Crippen LogP contribution in [0.4, 0.5) is 0 Å². The van der Waals surface area contributed by atoms with Gasteiger partial charge in [-0.1, -0.05) is 11.2 Å². The maximum absolute atomic E-state index is 12.5. The Balaban J connectivity index is 1.35. The monoisotopic (exact) mass is 354 g/mol. The summed E-state index contributed by atoms with van der Waals surface area (Å²) in [4.78, 5) is 18.7. The molecule has 4 rings (SSSR count). The fourth-order valence-electron chi connectivity index (χ4n) is 3.56. The van der Waals surface area contributed by atoms with Crippen molar-refractivity contribution in [2.24, 2.45) is 5.92 Å². The summed E-state index contributed by atoms with van der Waals surface area (Å²) in [5.74, 6) is 2.65. The van der Waals surface area contributed by atoms with Gasteiger partial charge in [0.1, 0.15) is 5.82 Å². The summed E-state index contributed by atoms with van der Waals surface area (Å²) in [6, 6.07) is 5.89. The average Bonchev–Trinajstić information content (AvgIpc) is 3.26. The van der Waals surface area contributed by atoms with Crippen LogP contribution in [0, 0.1) is 12.8 Å². The molecule has 1 fully saturated rings. The fourth-order valence-corrected chi connectivity index (χ4v) is 3.56. The maximum atomic E-state index is 12.5. The maximum Gasteiger partial charge on any atom is 0.227 e. The zero-order valence-corrected chi connectivity index (χ0v) is 14.8. The van der Waals surface area contributed by atoms with Gasteiger partial charge in [-0.2, -0.15) is 4.98 Å². The summed E-state index contributed by atoms with van der Waals surface area (Å²) >= 11 is 0. The van der Waals surface area contributed by atoms with Crippen molar-refractivity contribution in [1.82, 2.24) is 29.6 Å². The quantitative estimate of drug-likeness (QED) is 0.694. The van der Waals surface area contributed by atoms with Crippen molar-refractivity contribution < 1.29 is 9.32 Å². The highest BCUT2D eigenvalue weighted by Gasteiger charge is 2.25. The minimum Gasteiger partial charge on any atom is -0.342 e. The summed E-state index contributed by atoms with van der Waals surface area (Å²) in [6.07, 6.45) is 5.85. The third-order valence-corrected chi connectivity index (χ3v) is 4.85. The van der Waals surface area contributed by atoms with Gasteiger partial charge in [0.15, 0.2) is 11.5 Å². The number of aryl methyl sites for hydroxylation is 2. The molecule has 1 aliphatic heterocycles. The molecule has 3 aromatic heterocycles. The van der Waals surface area contributed by atoms with E-state index in [4.69, 9.17) is 4.52 Å². The van der Waals surface area contributed by atoms with Gasteiger partial charge < -0.3 is 9.42 Å². The van der Waals surface area contributed by atoms with Gasteiger partial charge in [-0.05, 0) is 37.8 Å². The first kappa shape index (κ1) is 16.7. The zero-order valence-electron chi connectivity index (χ0n) is 14.8. The number of likely N-dealkylation sites (tertiary alicyclic amines) is 1. The van der Waals surface area contributed by atoms with E-state index in [1.165, 1.54) is 0 Å². The van der Waals surface area contributed by atoms with E-state index in [2.05, 4.69) is 20.3 Å². The van der Waals surface area contributed by atoms with E-state index in [-0.39, 0.29) is 5.91 Å². The van der Waals surface area contributed by atoms with Crippen LogP contribution in [0.25, 0.3) is 5.65 Å². The van der Waals surface area contributed by atoms with Gasteiger partial charge in [0.05, 0.1) is 0 Å². The van der Waals surface area contributed by atoms with Gasteiger partial charge in [-0.15, -0.1) is 10.2 Å². The van der Waals surface area contributed by atoms with E-state index in [0.29, 0.717) is 30.5 Å². The number of nitrogens with zero attached hydrogens (tertiary/aromatic N) is 6. The molecule has 0 aromatic carbocycles. The molecule has 1 saturated heterocycles. The first-order valence-electron chi connectivity index (χ1n) is 9.04. The van der Waals surface area contributed by atoms with Crippen LogP contribution in [0.5, 0.6) is 0 Å². The van der Waals surface area contributed by atoms with Crippen LogP contribution < -0.4 is 0 Å². The highest BCUT2D eigenvalue weighted by Crippen LogP contribution is 2.21. The number of carbonyl (C=O) groups is 1. The lowest BCUT2D eigenvalue weighted by molar-refractivity contribution is -0.133. The van der Waals surface area contributed by atoms with Crippen LogP contribution >= 0.6 is 0 Å². The molecule has 3 aromatic rings. The third-order valence-electron chi connectivity index (χ3n) is 4.85. The molecule has 0 bridgehead atoms. The summed E-state index contributed by atoms with van der Waals surface area (Å²) in [5.41, 5.74) is 0.862. The van der Waals surface area contributed by atoms with Crippen molar-refractivity contribution in [3.8, 4) is 0 Å². The molecule has 0 N–H and O–H groups in total. The Labute approximate surface area is 151 Å². The molecule has 0 aliphatic carbocycles. The first-order valence-corrected chi connectivity index (χ1v) is 9.04. The van der Waals surface area contributed by atoms with Crippen molar-refractivity contribution in [3.63, 3.8) is 0 Å². The van der Waals surface area contributed by atoms with E-state index < -0.39 is 0 Å². The Morgan fingerprint density at radius 2 is 2.27 bits per heavy atom. The number of hydrogen-bond donors (Lipinski definition) is 0. The molecule has 1 aliphatic rings. The van der Waals surface area contributed by atoms with E-state index in [9.17, 15) is 4.79 Å². The van der Waals surface area contributed by atoms with Gasteiger partial charge in [0.25, 0.3) is 0 Å². The minimum atomic E-state index is 0.150. The van der Waals surface area contributed by atoms with Crippen LogP contribution in [0.2, 0.25) is 0 Å². The van der Waals surface area contributed by atoms with Crippen molar-refractivity contribution in [1.29, 1.82) is 0 Å². The summed E-state index contributed by atoms with van der Waals surface area (Å²) in [7, 11) is 0. The zero-order chi connectivity index (χ0) is 17.9. The smallest absolute Gasteiger partial charge is 0.227 e. The second-order valence-corrected chi connectivity index (χ2v) is 6.83. The molecule has 1 amide bonds. The number of fused-ring (bicyclic) bond motifs is 1. The summed E-state index contributed by atoms with van der Waals surface area (Å²) in [5, 5.41) is 12.3. The van der Waals surface area contributed by atoms with Crippen molar-refractivity contribution in [2.45, 2.75) is 39.0 Å². The van der Waals surface area contributed by atoms with E-state index in [1.807, 2.05) is 33.7 Å². The Morgan fingerprint density at radius 1 is 1.35 bits per heavy atom. The number of aromatic nitrogens is 5. The highest BCUT2D eigenvalue weighted by atomic mass is 16.5. The van der Waals surface area contributed by atoms with E-state index in [0.717, 1.165) is 43.8 Å². The molecule has 136 valence electrons. The van der Waals surface area contributed by atoms with Crippen molar-refractivity contribution >= 4 is 11.6 Å². The third kappa shape index (κ3) is 3.58. The second kappa shape index (κ2) is 7.23. The largest absolute Gasteiger partial charge is 0.342 e. The molecule has 0 saturated carbocycles. The summed E-state index contributed by atoms with van der Waals surface area (Å²) in [6.45, 7) is 3.36. The Bertz CT molecular complexity index is 902. The van der Waals surface area contributed by atoms with Gasteiger partial charge >= 0.3 is 0 Å². The minimum absolute atomic E-state index is 0.150. The van der Waals surface area contributed by atoms with Crippen molar-refractivity contribution in [2.75, 3.05) is 13.1 Å². The lowest BCUT2D eigenvalue weighted by Crippen LogP contribution is -2.40. The van der Waals surface area contributed by atoms with Crippen molar-refractivity contribution in [3.05, 3.63) is 41.9 Å². The molecule has 8 heteroatoms. The SMILES string of the molecule is Cc1noc(CCC(=O)N2CCCC(Cc3nnc4ccccn34)C2)n1. The number of hydrogen-bond acceptors (Lipinski definition) is 6. The van der Waals surface area contributed by atoms with Gasteiger partial charge in [-0.3, -0.25) is 9.20 Å². The van der Waals surface area contributed by atoms with Crippen LogP contribution in [0.15, 0.2) is 28.9 Å². The Kier molecular flexibility index (Phi) is 4.64. The number of amides is 1. The Morgan fingerprint density at radius 3 is 3.12 bits per heavy atom. The Hall–Kier alpha value is -2.77. The van der Waals surface area contributed by atoms with E-state index >= 15 is 0 Å². The molecular formula is C18H22N6O2. The van der Waals surface area contributed by atoms with E-state index in [1.54, 1.807) is 6.92 Å². The number of carbonyl (C=O) groups excluding carboxylic acids is 1. The number of pyridine rings is 1. The number of piperidine rings is 1. The molecule has 0 spiro atoms. The second-order valence-electron chi connectivity index (χ2n) is 6.83. The molecule has 1 unspecified atom stereocenters. The number of rotatable bonds is 5. The molecule has 1 atom stereocenters. The molecular weight excluding hydrogens is 332 g/mol. The normalized spacial score (nSPS) is 17.7. The van der Waals surface area contributed by atoms with Gasteiger partial charge in [-0.25, -0.2) is 0 Å². The highest BCUT2D eigenvalue weighted by molar-refractivity contribution is 5.76. The topological polar surface area (TPSA) is 89.4 Å². The molecule has 26 heavy (non-hydrogen) atoms. The van der Waals surface area contributed by atoms with Gasteiger partial charge in [0.2, 0.25) is 11.8 Å². The predicted octanol–water partition coefficient (Wildman–Crippen LogP) is 1.83. The standard InChI is InChI=1S/C18H22N6O2/c1-13-19-17(26-22-13)7-8-18(25)23-9-4-5-14(12-23)11-16-21-20-15-6-2-3-10-24(15)16/h2-3,6,10,14H,4-5,7-9,11-12H2,1H3. The van der Waals surface area contributed by atoms with Gasteiger partial charge in [0, 0.05) is 38.5 Å². The molecule has 0 radical (unpaired) electrons. The van der Waals surface area contributed by atoms with Crippen LogP contribution in [0.3, 0.4) is 0 Å². The van der Waals surface area contributed by atoms with Crippen LogP contribution in [0.1, 0.15) is 36.8 Å². The van der Waals surface area contributed by atoms with Crippen LogP contribution in [-0.4, -0.2) is 48.6 Å². The molecule has 4 heterocycles. The molecule has 8 nitrogen and oxygen atoms in total. The lowest BCUT2D eigenvalue weighted by Gasteiger charge is -2.32. The summed E-state index contributed by atoms with van der Waals surface area (Å²) < 4.78 is 7.11. The predicted molar refractivity (Wildman–Crippen MR) is 93.4 cm³/mol.